The van der Waals surface area contributed by atoms with Crippen molar-refractivity contribution in [3.05, 3.63) is 77.7 Å². The van der Waals surface area contributed by atoms with Crippen molar-refractivity contribution < 1.29 is 27.2 Å². The van der Waals surface area contributed by atoms with Crippen LogP contribution in [0.4, 0.5) is 5.69 Å². The summed E-state index contributed by atoms with van der Waals surface area (Å²) in [6.07, 6.45) is 1.19. The van der Waals surface area contributed by atoms with Crippen LogP contribution in [0.3, 0.4) is 0 Å². The number of amides is 2. The number of hydrogen-bond acceptors (Lipinski definition) is 7. The van der Waals surface area contributed by atoms with Crippen molar-refractivity contribution in [3.8, 4) is 5.75 Å². The first-order valence-electron chi connectivity index (χ1n) is 10.3. The van der Waals surface area contributed by atoms with Crippen molar-refractivity contribution in [1.82, 2.24) is 10.1 Å². The fourth-order valence-electron chi connectivity index (χ4n) is 2.72. The number of aryl methyl sites for hydroxylation is 1. The Labute approximate surface area is 197 Å². The van der Waals surface area contributed by atoms with Crippen LogP contribution in [0.5, 0.6) is 5.75 Å². The summed E-state index contributed by atoms with van der Waals surface area (Å²) in [5.41, 5.74) is 3.48. The Balaban J connectivity index is 1.48. The quantitative estimate of drug-likeness (QED) is 0.242. The fraction of sp³-hybridized carbons (Fsp3) is 0.174. The van der Waals surface area contributed by atoms with Crippen LogP contribution >= 0.6 is 0 Å². The van der Waals surface area contributed by atoms with Gasteiger partial charge in [0.05, 0.1) is 24.3 Å². The summed E-state index contributed by atoms with van der Waals surface area (Å²) in [6, 6.07) is 16.1. The van der Waals surface area contributed by atoms with E-state index in [0.29, 0.717) is 23.8 Å². The summed E-state index contributed by atoms with van der Waals surface area (Å²) < 4.78 is 37.9. The van der Waals surface area contributed by atoms with Gasteiger partial charge in [-0.3, -0.25) is 9.59 Å². The normalized spacial score (nSPS) is 11.4. The number of furan rings is 1. The molecule has 0 saturated heterocycles. The second kappa shape index (κ2) is 11.3. The van der Waals surface area contributed by atoms with Gasteiger partial charge in [-0.25, -0.2) is 18.6 Å². The highest BCUT2D eigenvalue weighted by molar-refractivity contribution is 7.89. The lowest BCUT2D eigenvalue weighted by Crippen LogP contribution is -2.32. The first-order chi connectivity index (χ1) is 16.3. The number of hydrazone groups is 1. The molecular weight excluding hydrogens is 460 g/mol. The summed E-state index contributed by atoms with van der Waals surface area (Å²) in [5.74, 6) is -0.612. The molecule has 0 atom stereocenters. The highest BCUT2D eigenvalue weighted by Crippen LogP contribution is 2.15. The van der Waals surface area contributed by atoms with Crippen LogP contribution in [0.15, 0.2) is 75.1 Å². The Morgan fingerprint density at radius 3 is 2.38 bits per heavy atom. The maximum Gasteiger partial charge on any atom is 0.329 e. The summed E-state index contributed by atoms with van der Waals surface area (Å²) in [7, 11) is -3.69. The second-order valence-electron chi connectivity index (χ2n) is 7.05. The molecule has 0 fully saturated rings. The zero-order chi connectivity index (χ0) is 24.6. The number of carbonyl (C=O) groups excluding carboxylic acids is 2. The van der Waals surface area contributed by atoms with Crippen LogP contribution in [0.25, 0.3) is 0 Å². The molecule has 3 aromatic rings. The van der Waals surface area contributed by atoms with Crippen LogP contribution in [0, 0.1) is 6.92 Å². The molecule has 0 aliphatic carbocycles. The number of carbonyl (C=O) groups is 2. The van der Waals surface area contributed by atoms with Gasteiger partial charge >= 0.3 is 11.8 Å². The molecule has 34 heavy (non-hydrogen) atoms. The van der Waals surface area contributed by atoms with E-state index in [1.54, 1.807) is 48.5 Å². The third-order valence-electron chi connectivity index (χ3n) is 4.44. The van der Waals surface area contributed by atoms with Crippen molar-refractivity contribution in [2.75, 3.05) is 11.9 Å². The van der Waals surface area contributed by atoms with E-state index in [1.807, 2.05) is 13.8 Å². The topological polar surface area (TPSA) is 139 Å². The minimum atomic E-state index is -3.69. The molecule has 10 nitrogen and oxygen atoms in total. The predicted molar refractivity (Wildman–Crippen MR) is 126 cm³/mol. The average Bonchev–Trinajstić information content (AvgIpc) is 3.27. The Kier molecular flexibility index (Phi) is 8.17. The molecule has 11 heteroatoms. The maximum absolute atomic E-state index is 12.3. The average molecular weight is 485 g/mol. The Bertz CT molecular complexity index is 1270. The van der Waals surface area contributed by atoms with Gasteiger partial charge in [0.15, 0.2) is 0 Å². The fourth-order valence-corrected chi connectivity index (χ4v) is 3.71. The summed E-state index contributed by atoms with van der Waals surface area (Å²) in [6.45, 7) is 4.18. The van der Waals surface area contributed by atoms with Crippen LogP contribution < -0.4 is 20.2 Å². The van der Waals surface area contributed by atoms with E-state index in [1.165, 1.54) is 18.3 Å². The van der Waals surface area contributed by atoms with Gasteiger partial charge in [-0.15, -0.1) is 0 Å². The number of ether oxygens (including phenoxy) is 1. The number of benzene rings is 2. The lowest BCUT2D eigenvalue weighted by atomic mass is 10.2. The van der Waals surface area contributed by atoms with Crippen LogP contribution in [0.1, 0.15) is 24.0 Å². The van der Waals surface area contributed by atoms with E-state index in [9.17, 15) is 18.0 Å². The molecule has 0 unspecified atom stereocenters. The number of rotatable bonds is 9. The monoisotopic (exact) mass is 484 g/mol. The van der Waals surface area contributed by atoms with Gasteiger partial charge in [-0.1, -0.05) is 17.7 Å². The van der Waals surface area contributed by atoms with E-state index >= 15 is 0 Å². The molecular formula is C23H24N4O6S. The van der Waals surface area contributed by atoms with Gasteiger partial charge in [0.25, 0.3) is 0 Å². The van der Waals surface area contributed by atoms with Crippen molar-refractivity contribution in [2.24, 2.45) is 5.10 Å². The van der Waals surface area contributed by atoms with E-state index < -0.39 is 21.8 Å². The number of hydrogen-bond donors (Lipinski definition) is 3. The summed E-state index contributed by atoms with van der Waals surface area (Å²) in [4.78, 5) is 24.0. The van der Waals surface area contributed by atoms with E-state index in [2.05, 4.69) is 20.6 Å². The number of nitrogens with one attached hydrogen (secondary N) is 3. The lowest BCUT2D eigenvalue weighted by Gasteiger charge is -2.06. The maximum atomic E-state index is 12.3. The number of anilines is 1. The minimum absolute atomic E-state index is 0.0686. The van der Waals surface area contributed by atoms with Crippen molar-refractivity contribution in [1.29, 1.82) is 0 Å². The Morgan fingerprint density at radius 2 is 1.71 bits per heavy atom. The first-order valence-corrected chi connectivity index (χ1v) is 11.8. The SMILES string of the molecule is CCOc1ccc(NC(=O)C(=O)N/N=C/c2ccc(CNS(=O)(=O)c3ccc(C)cc3)o2)cc1. The Hall–Kier alpha value is -3.96. The molecule has 0 saturated carbocycles. The van der Waals surface area contributed by atoms with Crippen LogP contribution in [-0.2, 0) is 26.2 Å². The van der Waals surface area contributed by atoms with Crippen molar-refractivity contribution in [3.63, 3.8) is 0 Å². The molecule has 0 aliphatic heterocycles. The largest absolute Gasteiger partial charge is 0.494 e. The highest BCUT2D eigenvalue weighted by atomic mass is 32.2. The molecule has 2 aromatic carbocycles. The predicted octanol–water partition coefficient (Wildman–Crippen LogP) is 2.55. The lowest BCUT2D eigenvalue weighted by molar-refractivity contribution is -0.136. The molecule has 0 aliphatic rings. The summed E-state index contributed by atoms with van der Waals surface area (Å²) in [5, 5.41) is 6.13. The van der Waals surface area contributed by atoms with Gasteiger partial charge < -0.3 is 14.5 Å². The molecule has 1 heterocycles. The van der Waals surface area contributed by atoms with Gasteiger partial charge in [0.2, 0.25) is 10.0 Å². The molecule has 0 spiro atoms. The van der Waals surface area contributed by atoms with E-state index in [4.69, 9.17) is 9.15 Å². The zero-order valence-electron chi connectivity index (χ0n) is 18.6. The van der Waals surface area contributed by atoms with Gasteiger partial charge in [0, 0.05) is 5.69 Å². The molecule has 2 amide bonds. The minimum Gasteiger partial charge on any atom is -0.494 e. The molecule has 1 aromatic heterocycles. The van der Waals surface area contributed by atoms with Crippen LogP contribution in [0.2, 0.25) is 0 Å². The zero-order valence-corrected chi connectivity index (χ0v) is 19.4. The van der Waals surface area contributed by atoms with Gasteiger partial charge in [-0.05, 0) is 62.4 Å². The van der Waals surface area contributed by atoms with Gasteiger partial charge in [-0.2, -0.15) is 5.10 Å². The van der Waals surface area contributed by atoms with Gasteiger partial charge in [0.1, 0.15) is 17.3 Å². The third-order valence-corrected chi connectivity index (χ3v) is 5.85. The molecule has 3 N–H and O–H groups in total. The third kappa shape index (κ3) is 7.02. The summed E-state index contributed by atoms with van der Waals surface area (Å²) >= 11 is 0. The Morgan fingerprint density at radius 1 is 1.00 bits per heavy atom. The number of sulfonamides is 1. The van der Waals surface area contributed by atoms with Crippen molar-refractivity contribution in [2.45, 2.75) is 25.3 Å². The van der Waals surface area contributed by atoms with Crippen molar-refractivity contribution >= 4 is 33.7 Å². The number of nitrogens with zero attached hydrogens (tertiary/aromatic N) is 1. The standard InChI is InChI=1S/C23H24N4O6S/c1-3-32-18-8-6-17(7-9-18)26-22(28)23(29)27-24-14-19-10-11-20(33-19)15-25-34(30,31)21-12-4-16(2)5-13-21/h4-14,25H,3,15H2,1-2H3,(H,26,28)(H,27,29)/b24-14+. The molecule has 3 rings (SSSR count). The van der Waals surface area contributed by atoms with E-state index in [-0.39, 0.29) is 17.2 Å². The molecule has 0 radical (unpaired) electrons. The van der Waals surface area contributed by atoms with Crippen LogP contribution in [-0.4, -0.2) is 33.1 Å². The molecule has 0 bridgehead atoms. The molecule has 178 valence electrons. The first kappa shape index (κ1) is 24.7. The smallest absolute Gasteiger partial charge is 0.329 e. The highest BCUT2D eigenvalue weighted by Gasteiger charge is 2.15. The second-order valence-corrected chi connectivity index (χ2v) is 8.82. The van der Waals surface area contributed by atoms with E-state index in [0.717, 1.165) is 5.56 Å².